The summed E-state index contributed by atoms with van der Waals surface area (Å²) in [5.41, 5.74) is 2.91. The molecule has 0 unspecified atom stereocenters. The van der Waals surface area contributed by atoms with Crippen LogP contribution in [0.3, 0.4) is 0 Å². The van der Waals surface area contributed by atoms with Crippen LogP contribution in [0, 0.1) is 13.8 Å². The van der Waals surface area contributed by atoms with Crippen molar-refractivity contribution < 1.29 is 14.7 Å². The summed E-state index contributed by atoms with van der Waals surface area (Å²) in [4.78, 5) is 23.4. The van der Waals surface area contributed by atoms with E-state index in [-0.39, 0.29) is 11.5 Å². The van der Waals surface area contributed by atoms with Gasteiger partial charge in [-0.05, 0) is 43.2 Å². The fourth-order valence-electron chi connectivity index (χ4n) is 2.15. The number of benzene rings is 2. The summed E-state index contributed by atoms with van der Waals surface area (Å²) >= 11 is 3.24. The minimum atomic E-state index is -1.04. The Hall–Kier alpha value is -2.14. The molecule has 0 aliphatic heterocycles. The molecule has 4 nitrogen and oxygen atoms in total. The van der Waals surface area contributed by atoms with Crippen LogP contribution in [0.4, 0.5) is 5.69 Å². The highest BCUT2D eigenvalue weighted by molar-refractivity contribution is 9.10. The highest BCUT2D eigenvalue weighted by Gasteiger charge is 2.13. The van der Waals surface area contributed by atoms with Gasteiger partial charge in [-0.3, -0.25) is 4.79 Å². The summed E-state index contributed by atoms with van der Waals surface area (Å²) in [7, 11) is 0. The first kappa shape index (κ1) is 15.3. The van der Waals surface area contributed by atoms with E-state index in [4.69, 9.17) is 5.11 Å². The predicted octanol–water partition coefficient (Wildman–Crippen LogP) is 4.02. The molecule has 0 heterocycles. The number of amides is 1. The first-order valence-electron chi connectivity index (χ1n) is 6.30. The number of halogens is 1. The van der Waals surface area contributed by atoms with Crippen molar-refractivity contribution in [2.45, 2.75) is 13.8 Å². The molecule has 2 rings (SSSR count). The molecule has 2 N–H and O–H groups in total. The highest BCUT2D eigenvalue weighted by atomic mass is 79.9. The summed E-state index contributed by atoms with van der Waals surface area (Å²) in [6, 6.07) is 10.2. The fourth-order valence-corrected chi connectivity index (χ4v) is 2.64. The van der Waals surface area contributed by atoms with Gasteiger partial charge in [-0.25, -0.2) is 4.79 Å². The molecule has 0 fully saturated rings. The van der Waals surface area contributed by atoms with E-state index in [9.17, 15) is 9.59 Å². The molecule has 0 spiro atoms. The number of nitrogens with one attached hydrogen (secondary N) is 1. The van der Waals surface area contributed by atoms with Gasteiger partial charge in [-0.1, -0.05) is 34.1 Å². The normalized spacial score (nSPS) is 10.2. The maximum atomic E-state index is 12.4. The summed E-state index contributed by atoms with van der Waals surface area (Å²) in [6.07, 6.45) is 0. The van der Waals surface area contributed by atoms with Crippen LogP contribution in [0.5, 0.6) is 0 Å². The molecule has 1 amide bonds. The third-order valence-corrected chi connectivity index (χ3v) is 3.57. The molecule has 108 valence electrons. The van der Waals surface area contributed by atoms with Crippen molar-refractivity contribution in [3.8, 4) is 0 Å². The predicted molar refractivity (Wildman–Crippen MR) is 85.0 cm³/mol. The van der Waals surface area contributed by atoms with Crippen molar-refractivity contribution in [3.63, 3.8) is 0 Å². The van der Waals surface area contributed by atoms with Crippen molar-refractivity contribution in [1.29, 1.82) is 0 Å². The topological polar surface area (TPSA) is 66.4 Å². The fraction of sp³-hybridized carbons (Fsp3) is 0.125. The van der Waals surface area contributed by atoms with Gasteiger partial charge < -0.3 is 10.4 Å². The molecule has 5 heteroatoms. The lowest BCUT2D eigenvalue weighted by Crippen LogP contribution is -2.15. The van der Waals surface area contributed by atoms with Crippen molar-refractivity contribution >= 4 is 33.5 Å². The number of aromatic carboxylic acids is 1. The molecule has 0 saturated carbocycles. The van der Waals surface area contributed by atoms with Crippen LogP contribution in [0.25, 0.3) is 0 Å². The average molecular weight is 348 g/mol. The van der Waals surface area contributed by atoms with Gasteiger partial charge in [0.15, 0.2) is 0 Å². The van der Waals surface area contributed by atoms with Crippen LogP contribution in [-0.2, 0) is 0 Å². The minimum Gasteiger partial charge on any atom is -0.478 e. The number of anilines is 1. The maximum absolute atomic E-state index is 12.4. The van der Waals surface area contributed by atoms with Crippen molar-refractivity contribution in [2.75, 3.05) is 5.32 Å². The Kier molecular flexibility index (Phi) is 4.43. The lowest BCUT2D eigenvalue weighted by molar-refractivity contribution is 0.0696. The maximum Gasteiger partial charge on any atom is 0.335 e. The van der Waals surface area contributed by atoms with E-state index >= 15 is 0 Å². The molecule has 2 aromatic rings. The molecule has 0 aromatic heterocycles. The van der Waals surface area contributed by atoms with Gasteiger partial charge in [0, 0.05) is 15.7 Å². The second-order valence-corrected chi connectivity index (χ2v) is 5.67. The van der Waals surface area contributed by atoms with E-state index < -0.39 is 5.97 Å². The summed E-state index contributed by atoms with van der Waals surface area (Å²) in [5, 5.41) is 11.8. The Morgan fingerprint density at radius 2 is 1.71 bits per heavy atom. The Balaban J connectivity index is 2.34. The van der Waals surface area contributed by atoms with Crippen molar-refractivity contribution in [2.24, 2.45) is 0 Å². The van der Waals surface area contributed by atoms with E-state index in [0.29, 0.717) is 15.7 Å². The number of carboxylic acids is 1. The van der Waals surface area contributed by atoms with E-state index in [2.05, 4.69) is 21.2 Å². The Morgan fingerprint density at radius 3 is 2.29 bits per heavy atom. The monoisotopic (exact) mass is 347 g/mol. The van der Waals surface area contributed by atoms with Gasteiger partial charge in [0.2, 0.25) is 0 Å². The lowest BCUT2D eigenvalue weighted by atomic mass is 10.0. The van der Waals surface area contributed by atoms with Crippen LogP contribution in [-0.4, -0.2) is 17.0 Å². The molecular weight excluding hydrogens is 334 g/mol. The summed E-state index contributed by atoms with van der Waals surface area (Å²) < 4.78 is 0.596. The van der Waals surface area contributed by atoms with Crippen LogP contribution in [0.2, 0.25) is 0 Å². The van der Waals surface area contributed by atoms with Gasteiger partial charge >= 0.3 is 5.97 Å². The number of hydrogen-bond donors (Lipinski definition) is 2. The first-order valence-corrected chi connectivity index (χ1v) is 7.09. The highest BCUT2D eigenvalue weighted by Crippen LogP contribution is 2.21. The molecule has 0 aliphatic carbocycles. The Bertz CT molecular complexity index is 705. The number of carboxylic acid groups (broad SMARTS) is 1. The first-order chi connectivity index (χ1) is 9.88. The minimum absolute atomic E-state index is 0.112. The molecule has 0 aliphatic rings. The smallest absolute Gasteiger partial charge is 0.335 e. The van der Waals surface area contributed by atoms with Gasteiger partial charge in [0.05, 0.1) is 5.56 Å². The SMILES string of the molecule is Cc1cccc(C)c1C(=O)Nc1cc(Br)cc(C(=O)O)c1. The quantitative estimate of drug-likeness (QED) is 0.881. The third-order valence-electron chi connectivity index (χ3n) is 3.11. The molecule has 0 bridgehead atoms. The van der Waals surface area contributed by atoms with Gasteiger partial charge in [0.25, 0.3) is 5.91 Å². The lowest BCUT2D eigenvalue weighted by Gasteiger charge is -2.11. The zero-order valence-electron chi connectivity index (χ0n) is 11.6. The zero-order chi connectivity index (χ0) is 15.6. The molecule has 0 saturated heterocycles. The van der Waals surface area contributed by atoms with Crippen LogP contribution >= 0.6 is 15.9 Å². The Labute approximate surface area is 130 Å². The van der Waals surface area contributed by atoms with Gasteiger partial charge in [-0.15, -0.1) is 0 Å². The number of rotatable bonds is 3. The number of aryl methyl sites for hydroxylation is 2. The third kappa shape index (κ3) is 3.49. The largest absolute Gasteiger partial charge is 0.478 e. The van der Waals surface area contributed by atoms with Crippen LogP contribution < -0.4 is 5.32 Å². The van der Waals surface area contributed by atoms with E-state index in [0.717, 1.165) is 11.1 Å². The van der Waals surface area contributed by atoms with Crippen molar-refractivity contribution in [3.05, 3.63) is 63.1 Å². The Morgan fingerprint density at radius 1 is 1.10 bits per heavy atom. The average Bonchev–Trinajstić information content (AvgIpc) is 2.37. The van der Waals surface area contributed by atoms with E-state index in [1.54, 1.807) is 6.07 Å². The second-order valence-electron chi connectivity index (χ2n) is 4.75. The molecule has 21 heavy (non-hydrogen) atoms. The van der Waals surface area contributed by atoms with Crippen LogP contribution in [0.1, 0.15) is 31.8 Å². The van der Waals surface area contributed by atoms with E-state index in [1.165, 1.54) is 12.1 Å². The number of carbonyl (C=O) groups excluding carboxylic acids is 1. The van der Waals surface area contributed by atoms with Crippen LogP contribution in [0.15, 0.2) is 40.9 Å². The van der Waals surface area contributed by atoms with E-state index in [1.807, 2.05) is 32.0 Å². The molecule has 0 radical (unpaired) electrons. The molecule has 2 aromatic carbocycles. The number of hydrogen-bond acceptors (Lipinski definition) is 2. The second kappa shape index (κ2) is 6.10. The summed E-state index contributed by atoms with van der Waals surface area (Å²) in [6.45, 7) is 3.73. The molecule has 0 atom stereocenters. The zero-order valence-corrected chi connectivity index (χ0v) is 13.2. The number of carbonyl (C=O) groups is 2. The molecular formula is C16H14BrNO3. The van der Waals surface area contributed by atoms with Gasteiger partial charge in [0.1, 0.15) is 0 Å². The van der Waals surface area contributed by atoms with Crippen molar-refractivity contribution in [1.82, 2.24) is 0 Å². The standard InChI is InChI=1S/C16H14BrNO3/c1-9-4-3-5-10(2)14(9)15(19)18-13-7-11(16(20)21)6-12(17)8-13/h3-8H,1-2H3,(H,18,19)(H,20,21). The summed E-state index contributed by atoms with van der Waals surface area (Å²) in [5.74, 6) is -1.29. The van der Waals surface area contributed by atoms with Gasteiger partial charge in [-0.2, -0.15) is 0 Å².